The minimum absolute atomic E-state index is 0.406. The summed E-state index contributed by atoms with van der Waals surface area (Å²) < 4.78 is 23.7. The number of rotatable bonds is 3. The Bertz CT molecular complexity index is 661. The summed E-state index contributed by atoms with van der Waals surface area (Å²) in [6.07, 6.45) is 0. The molecule has 4 nitrogen and oxygen atoms in total. The second-order valence-corrected chi connectivity index (χ2v) is 7.31. The van der Waals surface area contributed by atoms with Crippen LogP contribution in [0.15, 0.2) is 48.5 Å². The van der Waals surface area contributed by atoms with Crippen molar-refractivity contribution in [3.05, 3.63) is 59.7 Å². The standard InChI is InChI=1S/C16H18NO3P/c1-17-14-10-6-4-8-12(14)16(21(18,19-2)20-3)13-9-5-7-11-15(13)17/h4-11,16H,1-3H3. The first-order valence-electron chi connectivity index (χ1n) is 6.75. The van der Waals surface area contributed by atoms with Crippen molar-refractivity contribution < 1.29 is 13.6 Å². The second-order valence-electron chi connectivity index (χ2n) is 4.98. The van der Waals surface area contributed by atoms with Crippen LogP contribution < -0.4 is 4.90 Å². The fraction of sp³-hybridized carbons (Fsp3) is 0.250. The first-order chi connectivity index (χ1) is 10.1. The summed E-state index contributed by atoms with van der Waals surface area (Å²) in [6.45, 7) is 0. The van der Waals surface area contributed by atoms with Crippen LogP contribution in [0.5, 0.6) is 0 Å². The van der Waals surface area contributed by atoms with Gasteiger partial charge in [-0.2, -0.15) is 0 Å². The monoisotopic (exact) mass is 303 g/mol. The van der Waals surface area contributed by atoms with Crippen molar-refractivity contribution in [1.29, 1.82) is 0 Å². The third-order valence-electron chi connectivity index (χ3n) is 4.01. The van der Waals surface area contributed by atoms with Gasteiger partial charge in [-0.05, 0) is 23.3 Å². The van der Waals surface area contributed by atoms with Gasteiger partial charge in [0.25, 0.3) is 0 Å². The van der Waals surface area contributed by atoms with Crippen LogP contribution in [-0.4, -0.2) is 21.3 Å². The summed E-state index contributed by atoms with van der Waals surface area (Å²) in [7, 11) is 1.61. The van der Waals surface area contributed by atoms with E-state index in [1.807, 2.05) is 55.6 Å². The molecule has 3 rings (SSSR count). The Hall–Kier alpha value is -1.61. The van der Waals surface area contributed by atoms with Gasteiger partial charge in [-0.25, -0.2) is 0 Å². The fourth-order valence-corrected chi connectivity index (χ4v) is 4.66. The Morgan fingerprint density at radius 3 is 1.76 bits per heavy atom. The van der Waals surface area contributed by atoms with E-state index < -0.39 is 13.3 Å². The molecule has 0 unspecified atom stereocenters. The molecule has 110 valence electrons. The highest BCUT2D eigenvalue weighted by atomic mass is 31.2. The average Bonchev–Trinajstić information content (AvgIpc) is 2.55. The topological polar surface area (TPSA) is 38.8 Å². The van der Waals surface area contributed by atoms with Gasteiger partial charge in [0, 0.05) is 32.6 Å². The predicted octanol–water partition coefficient (Wildman–Crippen LogP) is 4.34. The Kier molecular flexibility index (Phi) is 3.62. The number of para-hydroxylation sites is 2. The molecule has 2 aromatic carbocycles. The molecule has 0 radical (unpaired) electrons. The molecule has 0 bridgehead atoms. The molecule has 1 aliphatic heterocycles. The van der Waals surface area contributed by atoms with Gasteiger partial charge in [0.2, 0.25) is 0 Å². The summed E-state index contributed by atoms with van der Waals surface area (Å²) in [5.74, 6) is 0. The maximum absolute atomic E-state index is 13.1. The minimum Gasteiger partial charge on any atom is -0.344 e. The van der Waals surface area contributed by atoms with Crippen LogP contribution >= 0.6 is 7.60 Å². The molecule has 0 amide bonds. The number of nitrogens with zero attached hydrogens (tertiary/aromatic N) is 1. The van der Waals surface area contributed by atoms with E-state index in [-0.39, 0.29) is 0 Å². The highest BCUT2D eigenvalue weighted by Crippen LogP contribution is 2.66. The van der Waals surface area contributed by atoms with E-state index in [1.165, 1.54) is 14.2 Å². The molecule has 21 heavy (non-hydrogen) atoms. The summed E-state index contributed by atoms with van der Waals surface area (Å²) in [4.78, 5) is 2.11. The zero-order valence-electron chi connectivity index (χ0n) is 12.3. The maximum atomic E-state index is 13.1. The predicted molar refractivity (Wildman–Crippen MR) is 84.4 cm³/mol. The van der Waals surface area contributed by atoms with Gasteiger partial charge in [0.15, 0.2) is 0 Å². The number of benzene rings is 2. The second kappa shape index (κ2) is 5.30. The van der Waals surface area contributed by atoms with Gasteiger partial charge in [-0.3, -0.25) is 4.57 Å². The van der Waals surface area contributed by atoms with Gasteiger partial charge < -0.3 is 13.9 Å². The molecule has 0 spiro atoms. The van der Waals surface area contributed by atoms with Crippen molar-refractivity contribution in [2.24, 2.45) is 0 Å². The number of anilines is 2. The van der Waals surface area contributed by atoms with Crippen molar-refractivity contribution >= 4 is 19.0 Å². The van der Waals surface area contributed by atoms with Crippen molar-refractivity contribution in [3.63, 3.8) is 0 Å². The third-order valence-corrected chi connectivity index (χ3v) is 6.22. The molecule has 1 heterocycles. The molecule has 0 aliphatic carbocycles. The first-order valence-corrected chi connectivity index (χ1v) is 8.36. The molecule has 0 fully saturated rings. The fourth-order valence-electron chi connectivity index (χ4n) is 2.97. The van der Waals surface area contributed by atoms with Crippen LogP contribution in [-0.2, 0) is 13.6 Å². The van der Waals surface area contributed by atoms with Gasteiger partial charge in [0.05, 0.1) is 0 Å². The van der Waals surface area contributed by atoms with Crippen LogP contribution in [0.4, 0.5) is 11.4 Å². The summed E-state index contributed by atoms with van der Waals surface area (Å²) in [5.41, 5.74) is 3.57. The maximum Gasteiger partial charge on any atom is 0.342 e. The Morgan fingerprint density at radius 2 is 1.33 bits per heavy atom. The zero-order valence-corrected chi connectivity index (χ0v) is 13.2. The molecule has 0 atom stereocenters. The van der Waals surface area contributed by atoms with Crippen LogP contribution in [0.25, 0.3) is 0 Å². The lowest BCUT2D eigenvalue weighted by molar-refractivity contribution is 0.269. The lowest BCUT2D eigenvalue weighted by Crippen LogP contribution is -2.22. The van der Waals surface area contributed by atoms with Gasteiger partial charge in [0.1, 0.15) is 5.66 Å². The van der Waals surface area contributed by atoms with E-state index >= 15 is 0 Å². The van der Waals surface area contributed by atoms with Crippen molar-refractivity contribution in [2.75, 3.05) is 26.2 Å². The largest absolute Gasteiger partial charge is 0.344 e. The Labute approximate surface area is 124 Å². The molecular weight excluding hydrogens is 285 g/mol. The van der Waals surface area contributed by atoms with E-state index in [0.717, 1.165) is 22.5 Å². The number of fused-ring (bicyclic) bond motifs is 2. The highest BCUT2D eigenvalue weighted by Gasteiger charge is 2.42. The normalized spacial score (nSPS) is 14.7. The summed E-state index contributed by atoms with van der Waals surface area (Å²) in [5, 5.41) is 0. The van der Waals surface area contributed by atoms with E-state index in [4.69, 9.17) is 9.05 Å². The molecule has 1 aliphatic rings. The summed E-state index contributed by atoms with van der Waals surface area (Å²) >= 11 is 0. The van der Waals surface area contributed by atoms with Crippen LogP contribution in [0.3, 0.4) is 0 Å². The zero-order chi connectivity index (χ0) is 15.0. The highest BCUT2D eigenvalue weighted by molar-refractivity contribution is 7.54. The summed E-state index contributed by atoms with van der Waals surface area (Å²) in [6, 6.07) is 15.9. The van der Waals surface area contributed by atoms with Crippen molar-refractivity contribution in [2.45, 2.75) is 5.66 Å². The SMILES string of the molecule is COP(=O)(OC)C1c2ccccc2N(C)c2ccccc21. The molecule has 0 saturated heterocycles. The van der Waals surface area contributed by atoms with Crippen molar-refractivity contribution in [1.82, 2.24) is 0 Å². The molecular formula is C16H18NO3P. The number of hydrogen-bond acceptors (Lipinski definition) is 4. The van der Waals surface area contributed by atoms with Gasteiger partial charge in [-0.1, -0.05) is 36.4 Å². The van der Waals surface area contributed by atoms with Crippen LogP contribution in [0, 0.1) is 0 Å². The van der Waals surface area contributed by atoms with Crippen molar-refractivity contribution in [3.8, 4) is 0 Å². The van der Waals surface area contributed by atoms with Gasteiger partial charge in [-0.15, -0.1) is 0 Å². The lowest BCUT2D eigenvalue weighted by atomic mass is 9.95. The Balaban J connectivity index is 2.30. The van der Waals surface area contributed by atoms with E-state index in [2.05, 4.69) is 4.90 Å². The quantitative estimate of drug-likeness (QED) is 0.791. The molecule has 5 heteroatoms. The lowest BCUT2D eigenvalue weighted by Gasteiger charge is -2.37. The molecule has 0 N–H and O–H groups in total. The average molecular weight is 303 g/mol. The molecule has 0 aromatic heterocycles. The smallest absolute Gasteiger partial charge is 0.342 e. The minimum atomic E-state index is -3.27. The Morgan fingerprint density at radius 1 is 0.905 bits per heavy atom. The molecule has 2 aromatic rings. The van der Waals surface area contributed by atoms with Crippen LogP contribution in [0.1, 0.15) is 16.8 Å². The van der Waals surface area contributed by atoms with Gasteiger partial charge >= 0.3 is 7.60 Å². The van der Waals surface area contributed by atoms with E-state index in [9.17, 15) is 4.57 Å². The van der Waals surface area contributed by atoms with Crippen LogP contribution in [0.2, 0.25) is 0 Å². The first kappa shape index (κ1) is 14.3. The van der Waals surface area contributed by atoms with E-state index in [1.54, 1.807) is 0 Å². The molecule has 0 saturated carbocycles. The van der Waals surface area contributed by atoms with E-state index in [0.29, 0.717) is 0 Å². The number of hydrogen-bond donors (Lipinski definition) is 0. The third kappa shape index (κ3) is 2.11.